The second-order valence-corrected chi connectivity index (χ2v) is 8.65. The van der Waals surface area contributed by atoms with E-state index in [1.165, 1.54) is 10.5 Å². The maximum atomic E-state index is 13.5. The smallest absolute Gasteiger partial charge is 0.270 e. The number of aryl methyl sites for hydroxylation is 1. The molecule has 0 saturated carbocycles. The first-order chi connectivity index (χ1) is 17.0. The number of thiocarbonyl (C=S) groups is 1. The van der Waals surface area contributed by atoms with Gasteiger partial charge < -0.3 is 4.74 Å². The second kappa shape index (κ2) is 9.52. The number of hydrogen-bond donors (Lipinski definition) is 1. The SMILES string of the molecule is Cc1ccc(COc2ccc3ccccc3c2/C=C2/C(=O)NC(=S)N(c3ccccc3)C2=O)cc1. The molecule has 0 unspecified atom stereocenters. The molecule has 0 spiro atoms. The second-order valence-electron chi connectivity index (χ2n) is 8.27. The highest BCUT2D eigenvalue weighted by atomic mass is 32.1. The number of nitrogens with zero attached hydrogens (tertiary/aromatic N) is 1. The molecule has 1 fully saturated rings. The van der Waals surface area contributed by atoms with Gasteiger partial charge in [0.15, 0.2) is 5.11 Å². The summed E-state index contributed by atoms with van der Waals surface area (Å²) < 4.78 is 6.19. The van der Waals surface area contributed by atoms with Crippen LogP contribution in [0.15, 0.2) is 96.6 Å². The quantitative estimate of drug-likeness (QED) is 0.232. The highest BCUT2D eigenvalue weighted by molar-refractivity contribution is 7.80. The monoisotopic (exact) mass is 478 g/mol. The van der Waals surface area contributed by atoms with Crippen molar-refractivity contribution < 1.29 is 14.3 Å². The highest BCUT2D eigenvalue weighted by Crippen LogP contribution is 2.32. The van der Waals surface area contributed by atoms with E-state index in [0.29, 0.717) is 23.6 Å². The first-order valence-electron chi connectivity index (χ1n) is 11.2. The van der Waals surface area contributed by atoms with Crippen molar-refractivity contribution >= 4 is 51.7 Å². The zero-order valence-corrected chi connectivity index (χ0v) is 19.8. The Hall–Kier alpha value is -4.29. The summed E-state index contributed by atoms with van der Waals surface area (Å²) in [6, 6.07) is 28.8. The van der Waals surface area contributed by atoms with Crippen LogP contribution in [-0.2, 0) is 16.2 Å². The zero-order chi connectivity index (χ0) is 24.4. The predicted octanol–water partition coefficient (Wildman–Crippen LogP) is 5.56. The van der Waals surface area contributed by atoms with Gasteiger partial charge in [-0.1, -0.05) is 78.4 Å². The van der Waals surface area contributed by atoms with Crippen molar-refractivity contribution in [1.82, 2.24) is 5.32 Å². The summed E-state index contributed by atoms with van der Waals surface area (Å²) in [5, 5.41) is 4.55. The lowest BCUT2D eigenvalue weighted by atomic mass is 9.99. The van der Waals surface area contributed by atoms with Crippen LogP contribution in [0.1, 0.15) is 16.7 Å². The standard InChI is InChI=1S/C29H22N2O3S/c1-19-11-13-20(14-12-19)18-34-26-16-15-21-7-5-6-10-23(21)24(26)17-25-27(32)30-29(35)31(28(25)33)22-8-3-2-4-9-22/h2-17H,18H2,1H3,(H,30,32,35)/b25-17-. The third-order valence-corrected chi connectivity index (χ3v) is 6.14. The van der Waals surface area contributed by atoms with E-state index in [0.717, 1.165) is 16.3 Å². The molecule has 0 atom stereocenters. The van der Waals surface area contributed by atoms with Gasteiger partial charge in [-0.05, 0) is 59.8 Å². The van der Waals surface area contributed by atoms with Crippen LogP contribution < -0.4 is 15.0 Å². The number of para-hydroxylation sites is 1. The molecule has 5 nitrogen and oxygen atoms in total. The molecular formula is C29H22N2O3S. The Kier molecular flexibility index (Phi) is 6.12. The number of anilines is 1. The van der Waals surface area contributed by atoms with Gasteiger partial charge in [0, 0.05) is 5.56 Å². The number of carbonyl (C=O) groups is 2. The minimum atomic E-state index is -0.537. The highest BCUT2D eigenvalue weighted by Gasteiger charge is 2.34. The zero-order valence-electron chi connectivity index (χ0n) is 19.0. The predicted molar refractivity (Wildman–Crippen MR) is 142 cm³/mol. The molecule has 1 aliphatic rings. The molecule has 172 valence electrons. The average molecular weight is 479 g/mol. The molecule has 35 heavy (non-hydrogen) atoms. The fraction of sp³-hybridized carbons (Fsp3) is 0.0690. The Morgan fingerprint density at radius 3 is 2.37 bits per heavy atom. The Labute approximate surface area is 208 Å². The van der Waals surface area contributed by atoms with Crippen LogP contribution in [0.3, 0.4) is 0 Å². The van der Waals surface area contributed by atoms with Crippen LogP contribution in [0.4, 0.5) is 5.69 Å². The fourth-order valence-corrected chi connectivity index (χ4v) is 4.29. The summed E-state index contributed by atoms with van der Waals surface area (Å²) in [4.78, 5) is 27.7. The van der Waals surface area contributed by atoms with Crippen molar-refractivity contribution in [1.29, 1.82) is 0 Å². The van der Waals surface area contributed by atoms with E-state index in [4.69, 9.17) is 17.0 Å². The van der Waals surface area contributed by atoms with Crippen molar-refractivity contribution in [3.8, 4) is 5.75 Å². The van der Waals surface area contributed by atoms with Crippen LogP contribution in [-0.4, -0.2) is 16.9 Å². The lowest BCUT2D eigenvalue weighted by molar-refractivity contribution is -0.122. The first-order valence-corrected chi connectivity index (χ1v) is 11.6. The number of fused-ring (bicyclic) bond motifs is 1. The summed E-state index contributed by atoms with van der Waals surface area (Å²) in [5.74, 6) is -0.441. The number of amides is 2. The molecule has 0 bridgehead atoms. The molecule has 1 heterocycles. The summed E-state index contributed by atoms with van der Waals surface area (Å²) in [6.07, 6.45) is 1.60. The first kappa shape index (κ1) is 22.5. The maximum Gasteiger partial charge on any atom is 0.270 e. The maximum absolute atomic E-state index is 13.5. The molecule has 0 aromatic heterocycles. The van der Waals surface area contributed by atoms with E-state index in [9.17, 15) is 9.59 Å². The van der Waals surface area contributed by atoms with Crippen molar-refractivity contribution in [2.24, 2.45) is 0 Å². The number of ether oxygens (including phenoxy) is 1. The summed E-state index contributed by atoms with van der Waals surface area (Å²) in [5.41, 5.74) is 3.43. The summed E-state index contributed by atoms with van der Waals surface area (Å²) in [6.45, 7) is 2.39. The van der Waals surface area contributed by atoms with Gasteiger partial charge in [0.05, 0.1) is 5.69 Å². The minimum Gasteiger partial charge on any atom is -0.488 e. The van der Waals surface area contributed by atoms with Gasteiger partial charge >= 0.3 is 0 Å². The Bertz CT molecular complexity index is 1480. The van der Waals surface area contributed by atoms with E-state index in [1.807, 2.05) is 85.8 Å². The van der Waals surface area contributed by atoms with Crippen molar-refractivity contribution in [3.63, 3.8) is 0 Å². The average Bonchev–Trinajstić information content (AvgIpc) is 2.87. The summed E-state index contributed by atoms with van der Waals surface area (Å²) >= 11 is 5.31. The number of nitrogens with one attached hydrogen (secondary N) is 1. The third kappa shape index (κ3) is 4.56. The number of rotatable bonds is 5. The molecule has 6 heteroatoms. The van der Waals surface area contributed by atoms with E-state index < -0.39 is 11.8 Å². The number of carbonyl (C=O) groups excluding carboxylic acids is 2. The van der Waals surface area contributed by atoms with Gasteiger partial charge in [-0.25, -0.2) is 0 Å². The van der Waals surface area contributed by atoms with E-state index in [-0.39, 0.29) is 10.7 Å². The molecule has 5 rings (SSSR count). The van der Waals surface area contributed by atoms with Crippen molar-refractivity contribution in [3.05, 3.63) is 113 Å². The van der Waals surface area contributed by atoms with E-state index in [1.54, 1.807) is 18.2 Å². The van der Waals surface area contributed by atoms with Crippen LogP contribution in [0.25, 0.3) is 16.8 Å². The van der Waals surface area contributed by atoms with Gasteiger partial charge in [0.1, 0.15) is 17.9 Å². The Morgan fingerprint density at radius 1 is 0.886 bits per heavy atom. The number of benzene rings is 4. The number of hydrogen-bond acceptors (Lipinski definition) is 4. The molecule has 2 amide bonds. The normalized spacial score (nSPS) is 14.9. The lowest BCUT2D eigenvalue weighted by Crippen LogP contribution is -2.54. The van der Waals surface area contributed by atoms with Crippen molar-refractivity contribution in [2.75, 3.05) is 4.90 Å². The van der Waals surface area contributed by atoms with Gasteiger partial charge in [0.25, 0.3) is 11.8 Å². The topological polar surface area (TPSA) is 58.6 Å². The minimum absolute atomic E-state index is 0.0148. The molecule has 1 N–H and O–H groups in total. The van der Waals surface area contributed by atoms with Gasteiger partial charge in [-0.15, -0.1) is 0 Å². The Morgan fingerprint density at radius 2 is 1.60 bits per heavy atom. The molecule has 1 aliphatic heterocycles. The van der Waals surface area contributed by atoms with Gasteiger partial charge in [-0.2, -0.15) is 0 Å². The van der Waals surface area contributed by atoms with E-state index in [2.05, 4.69) is 5.32 Å². The molecule has 4 aromatic carbocycles. The lowest BCUT2D eigenvalue weighted by Gasteiger charge is -2.29. The molecule has 0 aliphatic carbocycles. The molecular weight excluding hydrogens is 456 g/mol. The van der Waals surface area contributed by atoms with Crippen LogP contribution in [0.2, 0.25) is 0 Å². The van der Waals surface area contributed by atoms with E-state index >= 15 is 0 Å². The van der Waals surface area contributed by atoms with Crippen LogP contribution >= 0.6 is 12.2 Å². The largest absolute Gasteiger partial charge is 0.488 e. The third-order valence-electron chi connectivity index (χ3n) is 5.85. The van der Waals surface area contributed by atoms with Crippen LogP contribution in [0.5, 0.6) is 5.75 Å². The Balaban J connectivity index is 1.58. The van der Waals surface area contributed by atoms with Gasteiger partial charge in [-0.3, -0.25) is 19.8 Å². The van der Waals surface area contributed by atoms with Gasteiger partial charge in [0.2, 0.25) is 0 Å². The van der Waals surface area contributed by atoms with Crippen LogP contribution in [0, 0.1) is 6.92 Å². The van der Waals surface area contributed by atoms with Crippen molar-refractivity contribution in [2.45, 2.75) is 13.5 Å². The molecule has 4 aromatic rings. The molecule has 1 saturated heterocycles. The molecule has 0 radical (unpaired) electrons. The fourth-order valence-electron chi connectivity index (χ4n) is 4.01. The summed E-state index contributed by atoms with van der Waals surface area (Å²) in [7, 11) is 0.